The van der Waals surface area contributed by atoms with Gasteiger partial charge in [0.1, 0.15) is 0 Å². The molecule has 0 radical (unpaired) electrons. The van der Waals surface area contributed by atoms with Crippen LogP contribution in [-0.2, 0) is 10.0 Å². The SMILES string of the molecule is CCN1CCN(S(=O)(=O)c2ccc(NC(=O)N(CC)CC)cc2)CC1. The van der Waals surface area contributed by atoms with E-state index in [-0.39, 0.29) is 10.9 Å². The maximum absolute atomic E-state index is 12.7. The number of carbonyl (C=O) groups is 1. The monoisotopic (exact) mass is 368 g/mol. The molecule has 0 spiro atoms. The first kappa shape index (κ1) is 19.7. The highest BCUT2D eigenvalue weighted by Crippen LogP contribution is 2.20. The lowest BCUT2D eigenvalue weighted by Crippen LogP contribution is -2.48. The Bertz CT molecular complexity index is 664. The highest BCUT2D eigenvalue weighted by molar-refractivity contribution is 7.89. The van der Waals surface area contributed by atoms with Gasteiger partial charge in [0.05, 0.1) is 4.90 Å². The Balaban J connectivity index is 2.05. The summed E-state index contributed by atoms with van der Waals surface area (Å²) in [6.45, 7) is 10.6. The maximum atomic E-state index is 12.7. The summed E-state index contributed by atoms with van der Waals surface area (Å²) < 4.78 is 27.0. The predicted molar refractivity (Wildman–Crippen MR) is 99.3 cm³/mol. The van der Waals surface area contributed by atoms with Crippen LogP contribution in [0.15, 0.2) is 29.2 Å². The van der Waals surface area contributed by atoms with Crippen molar-refractivity contribution in [2.24, 2.45) is 0 Å². The van der Waals surface area contributed by atoms with Crippen molar-refractivity contribution in [1.82, 2.24) is 14.1 Å². The van der Waals surface area contributed by atoms with Gasteiger partial charge in [0.15, 0.2) is 0 Å². The van der Waals surface area contributed by atoms with Crippen LogP contribution in [0, 0.1) is 0 Å². The van der Waals surface area contributed by atoms with Crippen LogP contribution in [-0.4, -0.2) is 74.4 Å². The molecular weight excluding hydrogens is 340 g/mol. The van der Waals surface area contributed by atoms with Crippen LogP contribution in [0.2, 0.25) is 0 Å². The maximum Gasteiger partial charge on any atom is 0.321 e. The molecule has 0 saturated carbocycles. The average Bonchev–Trinajstić information content (AvgIpc) is 2.63. The van der Waals surface area contributed by atoms with Gasteiger partial charge in [-0.2, -0.15) is 4.31 Å². The van der Waals surface area contributed by atoms with Crippen LogP contribution < -0.4 is 5.32 Å². The molecule has 1 saturated heterocycles. The fourth-order valence-corrected chi connectivity index (χ4v) is 4.28. The molecule has 1 N–H and O–H groups in total. The van der Waals surface area contributed by atoms with Gasteiger partial charge in [-0.25, -0.2) is 13.2 Å². The quantitative estimate of drug-likeness (QED) is 0.832. The summed E-state index contributed by atoms with van der Waals surface area (Å²) in [5.41, 5.74) is 0.589. The van der Waals surface area contributed by atoms with Crippen molar-refractivity contribution in [3.8, 4) is 0 Å². The van der Waals surface area contributed by atoms with Gasteiger partial charge in [-0.05, 0) is 44.7 Å². The lowest BCUT2D eigenvalue weighted by Gasteiger charge is -2.33. The molecule has 0 aliphatic carbocycles. The van der Waals surface area contributed by atoms with Crippen LogP contribution in [0.4, 0.5) is 10.5 Å². The molecule has 0 atom stereocenters. The Kier molecular flexibility index (Phi) is 6.80. The van der Waals surface area contributed by atoms with Crippen molar-refractivity contribution in [1.29, 1.82) is 0 Å². The summed E-state index contributed by atoms with van der Waals surface area (Å²) in [5.74, 6) is 0. The molecule has 1 fully saturated rings. The van der Waals surface area contributed by atoms with E-state index in [9.17, 15) is 13.2 Å². The fourth-order valence-electron chi connectivity index (χ4n) is 2.86. The molecule has 7 nitrogen and oxygen atoms in total. The minimum absolute atomic E-state index is 0.184. The molecule has 140 valence electrons. The average molecular weight is 369 g/mol. The van der Waals surface area contributed by atoms with Gasteiger partial charge >= 0.3 is 6.03 Å². The number of carbonyl (C=O) groups excluding carboxylic acids is 1. The topological polar surface area (TPSA) is 73.0 Å². The van der Waals surface area contributed by atoms with Crippen molar-refractivity contribution in [3.63, 3.8) is 0 Å². The number of anilines is 1. The van der Waals surface area contributed by atoms with E-state index in [1.165, 1.54) is 4.31 Å². The molecule has 25 heavy (non-hydrogen) atoms. The van der Waals surface area contributed by atoms with Crippen LogP contribution in [0.25, 0.3) is 0 Å². The summed E-state index contributed by atoms with van der Waals surface area (Å²) in [4.78, 5) is 16.2. The molecule has 1 heterocycles. The van der Waals surface area contributed by atoms with Crippen molar-refractivity contribution in [3.05, 3.63) is 24.3 Å². The van der Waals surface area contributed by atoms with E-state index in [0.717, 1.165) is 19.6 Å². The molecule has 0 unspecified atom stereocenters. The number of likely N-dealkylation sites (N-methyl/N-ethyl adjacent to an activating group) is 1. The molecule has 0 aromatic heterocycles. The number of nitrogens with one attached hydrogen (secondary N) is 1. The molecule has 2 amide bonds. The summed E-state index contributed by atoms with van der Waals surface area (Å²) in [5, 5.41) is 2.79. The van der Waals surface area contributed by atoms with E-state index < -0.39 is 10.0 Å². The lowest BCUT2D eigenvalue weighted by molar-refractivity contribution is 0.196. The molecule has 1 aromatic carbocycles. The molecule has 1 aliphatic rings. The summed E-state index contributed by atoms with van der Waals surface area (Å²) in [6.07, 6.45) is 0. The molecule has 8 heteroatoms. The first-order chi connectivity index (χ1) is 11.9. The first-order valence-electron chi connectivity index (χ1n) is 8.80. The minimum Gasteiger partial charge on any atom is -0.325 e. The third kappa shape index (κ3) is 4.71. The number of amides is 2. The molecule has 1 aliphatic heterocycles. The Morgan fingerprint density at radius 2 is 1.60 bits per heavy atom. The van der Waals surface area contributed by atoms with E-state index >= 15 is 0 Å². The highest BCUT2D eigenvalue weighted by atomic mass is 32.2. The van der Waals surface area contributed by atoms with Gasteiger partial charge in [0.2, 0.25) is 10.0 Å². The molecule has 1 aromatic rings. The zero-order valence-electron chi connectivity index (χ0n) is 15.2. The number of nitrogens with zero attached hydrogens (tertiary/aromatic N) is 3. The second kappa shape index (κ2) is 8.64. The number of hydrogen-bond donors (Lipinski definition) is 1. The summed E-state index contributed by atoms with van der Waals surface area (Å²) in [7, 11) is -3.48. The zero-order chi connectivity index (χ0) is 18.4. The molecule has 2 rings (SSSR count). The third-order valence-corrected chi connectivity index (χ3v) is 6.49. The Labute approximate surface area is 150 Å². The third-order valence-electron chi connectivity index (χ3n) is 4.57. The van der Waals surface area contributed by atoms with E-state index in [4.69, 9.17) is 0 Å². The van der Waals surface area contributed by atoms with Gasteiger partial charge in [-0.15, -0.1) is 0 Å². The fraction of sp³-hybridized carbons (Fsp3) is 0.588. The second-order valence-electron chi connectivity index (χ2n) is 5.97. The van der Waals surface area contributed by atoms with Crippen molar-refractivity contribution in [2.45, 2.75) is 25.7 Å². The number of sulfonamides is 1. The number of benzene rings is 1. The Morgan fingerprint density at radius 1 is 1.04 bits per heavy atom. The van der Waals surface area contributed by atoms with E-state index in [1.807, 2.05) is 13.8 Å². The van der Waals surface area contributed by atoms with Crippen molar-refractivity contribution < 1.29 is 13.2 Å². The van der Waals surface area contributed by atoms with E-state index in [1.54, 1.807) is 29.2 Å². The smallest absolute Gasteiger partial charge is 0.321 e. The highest BCUT2D eigenvalue weighted by Gasteiger charge is 2.27. The number of urea groups is 1. The number of hydrogen-bond acceptors (Lipinski definition) is 4. The first-order valence-corrected chi connectivity index (χ1v) is 10.2. The Hall–Kier alpha value is -1.64. The van der Waals surface area contributed by atoms with E-state index in [2.05, 4.69) is 17.1 Å². The van der Waals surface area contributed by atoms with Crippen LogP contribution >= 0.6 is 0 Å². The number of rotatable bonds is 6. The van der Waals surface area contributed by atoms with Gasteiger partial charge in [-0.1, -0.05) is 6.92 Å². The summed E-state index contributed by atoms with van der Waals surface area (Å²) in [6, 6.07) is 6.20. The summed E-state index contributed by atoms with van der Waals surface area (Å²) >= 11 is 0. The van der Waals surface area contributed by atoms with Gasteiger partial charge < -0.3 is 15.1 Å². The zero-order valence-corrected chi connectivity index (χ0v) is 16.1. The minimum atomic E-state index is -3.48. The van der Waals surface area contributed by atoms with Crippen LogP contribution in [0.1, 0.15) is 20.8 Å². The van der Waals surface area contributed by atoms with Crippen LogP contribution in [0.5, 0.6) is 0 Å². The van der Waals surface area contributed by atoms with Gasteiger partial charge in [0.25, 0.3) is 0 Å². The number of piperazine rings is 1. The Morgan fingerprint density at radius 3 is 2.08 bits per heavy atom. The van der Waals surface area contributed by atoms with Crippen molar-refractivity contribution in [2.75, 3.05) is 51.1 Å². The molecular formula is C17H28N4O3S. The normalized spacial score (nSPS) is 16.6. The standard InChI is InChI=1S/C17H28N4O3S/c1-4-19-11-13-21(14-12-19)25(23,24)16-9-7-15(8-10-16)18-17(22)20(5-2)6-3/h7-10H,4-6,11-14H2,1-3H3,(H,18,22). The largest absolute Gasteiger partial charge is 0.325 e. The van der Waals surface area contributed by atoms with Gasteiger partial charge in [0, 0.05) is 45.0 Å². The lowest BCUT2D eigenvalue weighted by atomic mass is 10.3. The predicted octanol–water partition coefficient (Wildman–Crippen LogP) is 1.89. The van der Waals surface area contributed by atoms with Crippen LogP contribution in [0.3, 0.4) is 0 Å². The molecule has 0 bridgehead atoms. The second-order valence-corrected chi connectivity index (χ2v) is 7.90. The van der Waals surface area contributed by atoms with E-state index in [0.29, 0.717) is 31.9 Å². The van der Waals surface area contributed by atoms with Gasteiger partial charge in [-0.3, -0.25) is 0 Å². The van der Waals surface area contributed by atoms with Crippen molar-refractivity contribution >= 4 is 21.7 Å².